The van der Waals surface area contributed by atoms with Gasteiger partial charge in [0.15, 0.2) is 5.96 Å². The lowest BCUT2D eigenvalue weighted by Crippen LogP contribution is -2.38. The van der Waals surface area contributed by atoms with E-state index < -0.39 is 0 Å². The van der Waals surface area contributed by atoms with Crippen molar-refractivity contribution in [2.75, 3.05) is 13.1 Å². The van der Waals surface area contributed by atoms with Crippen molar-refractivity contribution >= 4 is 29.9 Å². The third-order valence-corrected chi connectivity index (χ3v) is 3.67. The summed E-state index contributed by atoms with van der Waals surface area (Å²) >= 11 is 0. The van der Waals surface area contributed by atoms with Crippen molar-refractivity contribution in [3.05, 3.63) is 53.3 Å². The van der Waals surface area contributed by atoms with Crippen LogP contribution in [0.2, 0.25) is 0 Å². The summed E-state index contributed by atoms with van der Waals surface area (Å²) in [7, 11) is 0. The van der Waals surface area contributed by atoms with Gasteiger partial charge < -0.3 is 10.6 Å². The second-order valence-corrected chi connectivity index (χ2v) is 5.67. The molecule has 0 aliphatic heterocycles. The van der Waals surface area contributed by atoms with Crippen LogP contribution in [0.15, 0.2) is 41.7 Å². The molecule has 0 bridgehead atoms. The van der Waals surface area contributed by atoms with Crippen LogP contribution in [0.5, 0.6) is 0 Å². The molecule has 1 aromatic carbocycles. The summed E-state index contributed by atoms with van der Waals surface area (Å²) in [6.07, 6.45) is 4.80. The lowest BCUT2D eigenvalue weighted by Gasteiger charge is -2.12. The molecule has 2 aromatic rings. The molecule has 5 nitrogen and oxygen atoms in total. The fourth-order valence-corrected chi connectivity index (χ4v) is 2.41. The summed E-state index contributed by atoms with van der Waals surface area (Å²) in [5.41, 5.74) is 3.85. The van der Waals surface area contributed by atoms with Gasteiger partial charge in [0.25, 0.3) is 0 Å². The number of nitrogens with zero attached hydrogens (tertiary/aromatic N) is 3. The van der Waals surface area contributed by atoms with Gasteiger partial charge in [0.2, 0.25) is 0 Å². The molecule has 0 aliphatic rings. The Morgan fingerprint density at radius 3 is 2.75 bits per heavy atom. The fourth-order valence-electron chi connectivity index (χ4n) is 2.41. The average molecular weight is 441 g/mol. The van der Waals surface area contributed by atoms with Crippen molar-refractivity contribution in [2.45, 2.75) is 40.3 Å². The van der Waals surface area contributed by atoms with Crippen LogP contribution in [0.3, 0.4) is 0 Å². The predicted molar refractivity (Wildman–Crippen MR) is 111 cm³/mol. The first-order valence-electron chi connectivity index (χ1n) is 8.24. The van der Waals surface area contributed by atoms with E-state index in [2.05, 4.69) is 59.7 Å². The van der Waals surface area contributed by atoms with Gasteiger partial charge in [-0.25, -0.2) is 4.99 Å². The first kappa shape index (κ1) is 20.5. The smallest absolute Gasteiger partial charge is 0.191 e. The summed E-state index contributed by atoms with van der Waals surface area (Å²) in [6.45, 7) is 9.68. The largest absolute Gasteiger partial charge is 0.357 e. The highest BCUT2D eigenvalue weighted by Gasteiger charge is 2.00. The number of halogens is 1. The first-order chi connectivity index (χ1) is 11.2. The molecule has 0 saturated carbocycles. The Balaban J connectivity index is 0.00000288. The van der Waals surface area contributed by atoms with Crippen molar-refractivity contribution in [1.29, 1.82) is 0 Å². The van der Waals surface area contributed by atoms with Gasteiger partial charge >= 0.3 is 0 Å². The van der Waals surface area contributed by atoms with Crippen molar-refractivity contribution in [3.63, 3.8) is 0 Å². The zero-order valence-corrected chi connectivity index (χ0v) is 17.1. The molecular formula is C18H28IN5. The fraction of sp³-hybridized carbons (Fsp3) is 0.444. The minimum atomic E-state index is 0. The molecule has 2 rings (SSSR count). The van der Waals surface area contributed by atoms with Crippen LogP contribution >= 0.6 is 24.0 Å². The van der Waals surface area contributed by atoms with Crippen LogP contribution in [0, 0.1) is 13.8 Å². The first-order valence-corrected chi connectivity index (χ1v) is 8.24. The Hall–Kier alpha value is -1.57. The van der Waals surface area contributed by atoms with Crippen LogP contribution in [0.1, 0.15) is 30.0 Å². The maximum Gasteiger partial charge on any atom is 0.191 e. The lowest BCUT2D eigenvalue weighted by atomic mass is 10.1. The summed E-state index contributed by atoms with van der Waals surface area (Å²) in [6, 6.07) is 8.45. The Labute approximate surface area is 162 Å². The minimum Gasteiger partial charge on any atom is -0.357 e. The van der Waals surface area contributed by atoms with Gasteiger partial charge in [0.05, 0.1) is 6.54 Å². The van der Waals surface area contributed by atoms with Crippen molar-refractivity contribution in [3.8, 4) is 0 Å². The van der Waals surface area contributed by atoms with E-state index in [1.54, 1.807) is 0 Å². The molecule has 0 spiro atoms. The molecule has 0 atom stereocenters. The van der Waals surface area contributed by atoms with E-state index in [4.69, 9.17) is 0 Å². The van der Waals surface area contributed by atoms with Gasteiger partial charge in [0.1, 0.15) is 0 Å². The molecule has 24 heavy (non-hydrogen) atoms. The zero-order chi connectivity index (χ0) is 16.5. The number of rotatable bonds is 7. The number of aliphatic imine (C=N–C) groups is 1. The van der Waals surface area contributed by atoms with E-state index in [1.165, 1.54) is 16.7 Å². The van der Waals surface area contributed by atoms with Crippen LogP contribution < -0.4 is 10.6 Å². The van der Waals surface area contributed by atoms with Crippen molar-refractivity contribution < 1.29 is 0 Å². The Kier molecular flexibility index (Phi) is 9.44. The van der Waals surface area contributed by atoms with Crippen LogP contribution in [0.4, 0.5) is 0 Å². The Bertz CT molecular complexity index is 622. The van der Waals surface area contributed by atoms with E-state index >= 15 is 0 Å². The summed E-state index contributed by atoms with van der Waals surface area (Å²) in [5, 5.41) is 10.9. The molecule has 6 heteroatoms. The monoisotopic (exact) mass is 441 g/mol. The molecular weight excluding hydrogens is 413 g/mol. The second-order valence-electron chi connectivity index (χ2n) is 5.67. The number of hydrogen-bond donors (Lipinski definition) is 2. The molecule has 0 aliphatic carbocycles. The van der Waals surface area contributed by atoms with Gasteiger partial charge in [-0.2, -0.15) is 5.10 Å². The number of aromatic nitrogens is 2. The van der Waals surface area contributed by atoms with Gasteiger partial charge in [-0.3, -0.25) is 4.68 Å². The third-order valence-electron chi connectivity index (χ3n) is 3.67. The topological polar surface area (TPSA) is 54.2 Å². The highest BCUT2D eigenvalue weighted by Crippen LogP contribution is 2.11. The van der Waals surface area contributed by atoms with E-state index in [0.29, 0.717) is 6.54 Å². The maximum absolute atomic E-state index is 4.68. The number of benzene rings is 1. The van der Waals surface area contributed by atoms with Crippen molar-refractivity contribution in [1.82, 2.24) is 20.4 Å². The highest BCUT2D eigenvalue weighted by molar-refractivity contribution is 14.0. The third kappa shape index (κ3) is 6.90. The molecule has 2 N–H and O–H groups in total. The van der Waals surface area contributed by atoms with E-state index in [0.717, 1.165) is 32.0 Å². The second kappa shape index (κ2) is 11.1. The molecule has 0 saturated heterocycles. The minimum absolute atomic E-state index is 0. The lowest BCUT2D eigenvalue weighted by molar-refractivity contribution is 0.570. The summed E-state index contributed by atoms with van der Waals surface area (Å²) < 4.78 is 1.95. The van der Waals surface area contributed by atoms with Gasteiger partial charge in [-0.1, -0.05) is 23.8 Å². The normalized spacial score (nSPS) is 11.0. The quantitative estimate of drug-likeness (QED) is 0.300. The molecule has 0 unspecified atom stereocenters. The zero-order valence-electron chi connectivity index (χ0n) is 14.7. The van der Waals surface area contributed by atoms with Gasteiger partial charge in [-0.15, -0.1) is 24.0 Å². The van der Waals surface area contributed by atoms with Crippen LogP contribution in [0.25, 0.3) is 0 Å². The van der Waals surface area contributed by atoms with E-state index in [9.17, 15) is 0 Å². The van der Waals surface area contributed by atoms with Crippen molar-refractivity contribution in [2.24, 2.45) is 4.99 Å². The average Bonchev–Trinajstić information content (AvgIpc) is 3.03. The number of guanidine groups is 1. The molecule has 132 valence electrons. The maximum atomic E-state index is 4.68. The molecule has 0 fully saturated rings. The summed E-state index contributed by atoms with van der Waals surface area (Å²) in [5.74, 6) is 0.868. The van der Waals surface area contributed by atoms with Crippen LogP contribution in [-0.2, 0) is 13.1 Å². The van der Waals surface area contributed by atoms with E-state index in [-0.39, 0.29) is 24.0 Å². The van der Waals surface area contributed by atoms with Gasteiger partial charge in [0, 0.05) is 32.0 Å². The molecule has 1 aromatic heterocycles. The Morgan fingerprint density at radius 1 is 1.25 bits per heavy atom. The predicted octanol–water partition coefficient (Wildman–Crippen LogP) is 3.26. The van der Waals surface area contributed by atoms with Gasteiger partial charge in [-0.05, 0) is 44.4 Å². The number of nitrogens with one attached hydrogen (secondary N) is 2. The number of aryl methyl sites for hydroxylation is 3. The SMILES string of the molecule is CCNC(=NCc1ccc(C)cc1C)NCCCn1cccn1.I. The molecule has 0 radical (unpaired) electrons. The molecule has 1 heterocycles. The summed E-state index contributed by atoms with van der Waals surface area (Å²) in [4.78, 5) is 4.68. The Morgan fingerprint density at radius 2 is 2.08 bits per heavy atom. The van der Waals surface area contributed by atoms with E-state index in [1.807, 2.05) is 23.1 Å². The number of hydrogen-bond acceptors (Lipinski definition) is 2. The molecule has 0 amide bonds. The highest BCUT2D eigenvalue weighted by atomic mass is 127. The standard InChI is InChI=1S/C18H27N5.HI/c1-4-19-18(20-9-5-11-23-12-6-10-22-23)21-14-17-8-7-15(2)13-16(17)3;/h6-8,10,12-13H,4-5,9,11,14H2,1-3H3,(H2,19,20,21);1H. The van der Waals surface area contributed by atoms with Crippen LogP contribution in [-0.4, -0.2) is 28.8 Å².